The van der Waals surface area contributed by atoms with Gasteiger partial charge in [0.25, 0.3) is 0 Å². The van der Waals surface area contributed by atoms with Gasteiger partial charge in [0, 0.05) is 24.7 Å². The van der Waals surface area contributed by atoms with Gasteiger partial charge in [-0.15, -0.1) is 0 Å². The van der Waals surface area contributed by atoms with Gasteiger partial charge in [0.2, 0.25) is 0 Å². The zero-order valence-corrected chi connectivity index (χ0v) is 19.8. The first-order valence-electron chi connectivity index (χ1n) is 12.6. The molecule has 2 aromatic carbocycles. The largest absolute Gasteiger partial charge is 0.497 e. The molecule has 0 spiro atoms. The molecule has 2 fully saturated rings. The Bertz CT molecular complexity index is 804. The molecule has 3 aliphatic rings. The quantitative estimate of drug-likeness (QED) is 0.541. The van der Waals surface area contributed by atoms with Gasteiger partial charge in [0.1, 0.15) is 11.5 Å². The van der Waals surface area contributed by atoms with Crippen molar-refractivity contribution in [1.82, 2.24) is 9.80 Å². The lowest BCUT2D eigenvalue weighted by molar-refractivity contribution is 0.136. The molecule has 0 aliphatic carbocycles. The van der Waals surface area contributed by atoms with E-state index in [1.807, 2.05) is 30.3 Å². The highest BCUT2D eigenvalue weighted by Crippen LogP contribution is 2.39. The van der Waals surface area contributed by atoms with E-state index in [0.29, 0.717) is 6.04 Å². The van der Waals surface area contributed by atoms with Crippen LogP contribution in [0.1, 0.15) is 62.1 Å². The van der Waals surface area contributed by atoms with Crippen LogP contribution in [0.4, 0.5) is 0 Å². The predicted molar refractivity (Wildman–Crippen MR) is 132 cm³/mol. The average Bonchev–Trinajstić information content (AvgIpc) is 2.88. The lowest BCUT2D eigenvalue weighted by Gasteiger charge is -2.41. The van der Waals surface area contributed by atoms with E-state index in [2.05, 4.69) is 28.0 Å². The standard InChI is InChI=1S/C21H32N2O.C7H8O/c1-3-12-22(13-4-1)14-7-17-24-21-10-6-8-18-19(21)11-16-23-15-5-2-9-20(18)23;1-8-7-5-3-2-4-6-7/h6,8,10,20H,1-5,7,9,11-17H2;2-6H,1H3/t20-;/m0./s1. The molecule has 0 saturated carbocycles. The number of rotatable bonds is 6. The predicted octanol–water partition coefficient (Wildman–Crippen LogP) is 5.72. The topological polar surface area (TPSA) is 24.9 Å². The van der Waals surface area contributed by atoms with Gasteiger partial charge in [-0.3, -0.25) is 4.90 Å². The van der Waals surface area contributed by atoms with Gasteiger partial charge in [-0.05, 0) is 81.9 Å². The van der Waals surface area contributed by atoms with Crippen LogP contribution >= 0.6 is 0 Å². The number of hydrogen-bond acceptors (Lipinski definition) is 4. The van der Waals surface area contributed by atoms with E-state index in [1.165, 1.54) is 76.8 Å². The highest BCUT2D eigenvalue weighted by Gasteiger charge is 2.30. The summed E-state index contributed by atoms with van der Waals surface area (Å²) in [6.07, 6.45) is 10.6. The minimum absolute atomic E-state index is 0.652. The van der Waals surface area contributed by atoms with Crippen LogP contribution < -0.4 is 9.47 Å². The minimum atomic E-state index is 0.652. The van der Waals surface area contributed by atoms with Crippen molar-refractivity contribution in [1.29, 1.82) is 0 Å². The van der Waals surface area contributed by atoms with Gasteiger partial charge in [0.15, 0.2) is 0 Å². The van der Waals surface area contributed by atoms with Crippen molar-refractivity contribution in [3.8, 4) is 11.5 Å². The summed E-state index contributed by atoms with van der Waals surface area (Å²) in [5, 5.41) is 0. The smallest absolute Gasteiger partial charge is 0.122 e. The van der Waals surface area contributed by atoms with Crippen LogP contribution in [0.25, 0.3) is 0 Å². The second kappa shape index (κ2) is 12.3. The number of methoxy groups -OCH3 is 1. The maximum Gasteiger partial charge on any atom is 0.122 e. The summed E-state index contributed by atoms with van der Waals surface area (Å²) in [4.78, 5) is 5.29. The summed E-state index contributed by atoms with van der Waals surface area (Å²) >= 11 is 0. The molecular formula is C28H40N2O2. The number of piperidine rings is 2. The zero-order chi connectivity index (χ0) is 22.0. The van der Waals surface area contributed by atoms with Crippen LogP contribution in [-0.4, -0.2) is 56.2 Å². The molecule has 3 aliphatic heterocycles. The maximum atomic E-state index is 6.23. The molecule has 0 radical (unpaired) electrons. The summed E-state index contributed by atoms with van der Waals surface area (Å²) in [7, 11) is 1.66. The van der Waals surface area contributed by atoms with E-state index in [0.717, 1.165) is 30.9 Å². The van der Waals surface area contributed by atoms with Crippen molar-refractivity contribution >= 4 is 0 Å². The highest BCUT2D eigenvalue weighted by molar-refractivity contribution is 5.43. The number of ether oxygens (including phenoxy) is 2. The fourth-order valence-electron chi connectivity index (χ4n) is 5.37. The zero-order valence-electron chi connectivity index (χ0n) is 19.8. The maximum absolute atomic E-state index is 6.23. The first-order chi connectivity index (χ1) is 15.8. The first kappa shape index (κ1) is 23.1. The highest BCUT2D eigenvalue weighted by atomic mass is 16.5. The minimum Gasteiger partial charge on any atom is -0.497 e. The second-order valence-corrected chi connectivity index (χ2v) is 9.24. The molecule has 3 heterocycles. The molecule has 32 heavy (non-hydrogen) atoms. The summed E-state index contributed by atoms with van der Waals surface area (Å²) in [6.45, 7) is 7.14. The molecule has 0 aromatic heterocycles. The van der Waals surface area contributed by atoms with Gasteiger partial charge >= 0.3 is 0 Å². The molecule has 4 heteroatoms. The molecule has 0 amide bonds. The lowest BCUT2D eigenvalue weighted by Crippen LogP contribution is -2.38. The summed E-state index contributed by atoms with van der Waals surface area (Å²) < 4.78 is 11.1. The van der Waals surface area contributed by atoms with E-state index in [-0.39, 0.29) is 0 Å². The second-order valence-electron chi connectivity index (χ2n) is 9.24. The van der Waals surface area contributed by atoms with Crippen LogP contribution in [0.15, 0.2) is 48.5 Å². The lowest BCUT2D eigenvalue weighted by atomic mass is 9.86. The number of fused-ring (bicyclic) bond motifs is 3. The third kappa shape index (κ3) is 6.26. The van der Waals surface area contributed by atoms with Crippen LogP contribution in [0.3, 0.4) is 0 Å². The molecule has 2 aromatic rings. The monoisotopic (exact) mass is 436 g/mol. The Morgan fingerprint density at radius 2 is 1.66 bits per heavy atom. The van der Waals surface area contributed by atoms with E-state index >= 15 is 0 Å². The number of nitrogens with zero attached hydrogens (tertiary/aromatic N) is 2. The molecule has 2 saturated heterocycles. The summed E-state index contributed by atoms with van der Waals surface area (Å²) in [5.41, 5.74) is 3.05. The molecule has 1 atom stereocenters. The molecule has 0 bridgehead atoms. The number of likely N-dealkylation sites (tertiary alicyclic amines) is 1. The summed E-state index contributed by atoms with van der Waals surface area (Å²) in [5.74, 6) is 2.07. The Balaban J connectivity index is 0.000000260. The Kier molecular flexibility index (Phi) is 8.87. The SMILES string of the molecule is COc1ccccc1.c1cc(OCCCN2CCCCC2)c2c(c1)[C@@H]1CCCCN1CC2. The van der Waals surface area contributed by atoms with Crippen LogP contribution in [0.5, 0.6) is 11.5 Å². The van der Waals surface area contributed by atoms with Gasteiger partial charge < -0.3 is 14.4 Å². The van der Waals surface area contributed by atoms with Crippen LogP contribution in [0, 0.1) is 0 Å². The fourth-order valence-corrected chi connectivity index (χ4v) is 5.37. The molecule has 5 rings (SSSR count). The van der Waals surface area contributed by atoms with Crippen molar-refractivity contribution in [2.75, 3.05) is 46.4 Å². The van der Waals surface area contributed by atoms with E-state index < -0.39 is 0 Å². The van der Waals surface area contributed by atoms with Gasteiger partial charge in [0.05, 0.1) is 13.7 Å². The van der Waals surface area contributed by atoms with Crippen molar-refractivity contribution in [3.05, 3.63) is 59.7 Å². The molecule has 4 nitrogen and oxygen atoms in total. The van der Waals surface area contributed by atoms with Gasteiger partial charge in [-0.1, -0.05) is 43.2 Å². The van der Waals surface area contributed by atoms with Gasteiger partial charge in [-0.2, -0.15) is 0 Å². The average molecular weight is 437 g/mol. The third-order valence-electron chi connectivity index (χ3n) is 7.09. The molecule has 0 unspecified atom stereocenters. The fraction of sp³-hybridized carbons (Fsp3) is 0.571. The molecule has 0 N–H and O–H groups in total. The third-order valence-corrected chi connectivity index (χ3v) is 7.09. The van der Waals surface area contributed by atoms with Crippen LogP contribution in [0.2, 0.25) is 0 Å². The van der Waals surface area contributed by atoms with Crippen molar-refractivity contribution < 1.29 is 9.47 Å². The van der Waals surface area contributed by atoms with E-state index in [1.54, 1.807) is 12.7 Å². The Morgan fingerprint density at radius 3 is 2.44 bits per heavy atom. The number of para-hydroxylation sites is 1. The first-order valence-corrected chi connectivity index (χ1v) is 12.6. The molecule has 174 valence electrons. The van der Waals surface area contributed by atoms with Crippen LogP contribution in [-0.2, 0) is 6.42 Å². The number of benzene rings is 2. The van der Waals surface area contributed by atoms with Crippen molar-refractivity contribution in [2.24, 2.45) is 0 Å². The summed E-state index contributed by atoms with van der Waals surface area (Å²) in [6, 6.07) is 17.1. The molecular weight excluding hydrogens is 396 g/mol. The van der Waals surface area contributed by atoms with E-state index in [9.17, 15) is 0 Å². The Labute approximate surface area is 194 Å². The normalized spacial score (nSPS) is 21.0. The van der Waals surface area contributed by atoms with Crippen molar-refractivity contribution in [2.45, 2.75) is 57.4 Å². The Morgan fingerprint density at radius 1 is 0.844 bits per heavy atom. The van der Waals surface area contributed by atoms with Crippen molar-refractivity contribution in [3.63, 3.8) is 0 Å². The van der Waals surface area contributed by atoms with E-state index in [4.69, 9.17) is 9.47 Å². The van der Waals surface area contributed by atoms with Gasteiger partial charge in [-0.25, -0.2) is 0 Å². The number of hydrogen-bond donors (Lipinski definition) is 0. The Hall–Kier alpha value is -2.04.